The molecule has 0 aromatic heterocycles. The van der Waals surface area contributed by atoms with Crippen LogP contribution in [0.4, 0.5) is 5.69 Å². The van der Waals surface area contributed by atoms with Gasteiger partial charge in [0, 0.05) is 18.7 Å². The van der Waals surface area contributed by atoms with E-state index in [0.29, 0.717) is 31.3 Å². The predicted molar refractivity (Wildman–Crippen MR) is 128 cm³/mol. The zero-order chi connectivity index (χ0) is 23.1. The van der Waals surface area contributed by atoms with E-state index < -0.39 is 5.54 Å². The normalized spacial score (nSPS) is 14.6. The van der Waals surface area contributed by atoms with Gasteiger partial charge < -0.3 is 14.4 Å². The molecule has 1 aliphatic rings. The fourth-order valence-electron chi connectivity index (χ4n) is 4.06. The monoisotopic (exact) mass is 445 g/mol. The number of benzene rings is 3. The topological polar surface area (TPSA) is 77.2 Å². The van der Waals surface area contributed by atoms with Crippen LogP contribution in [0.25, 0.3) is 0 Å². The number of hydrogen-bond acceptors (Lipinski definition) is 6. The Kier molecular flexibility index (Phi) is 6.88. The van der Waals surface area contributed by atoms with Gasteiger partial charge in [0.2, 0.25) is 0 Å². The molecule has 1 heterocycles. The van der Waals surface area contributed by atoms with Gasteiger partial charge in [0.15, 0.2) is 11.5 Å². The number of non-ortho nitro benzene ring substituents is 1. The summed E-state index contributed by atoms with van der Waals surface area (Å²) in [6.07, 6.45) is 2.59. The van der Waals surface area contributed by atoms with Crippen molar-refractivity contribution in [1.82, 2.24) is 4.90 Å². The second-order valence-corrected chi connectivity index (χ2v) is 7.91. The maximum absolute atomic E-state index is 11.1. The van der Waals surface area contributed by atoms with Gasteiger partial charge in [-0.25, -0.2) is 0 Å². The molecule has 3 aromatic carbocycles. The largest absolute Gasteiger partial charge is 0.487 e. The van der Waals surface area contributed by atoms with Crippen molar-refractivity contribution in [2.45, 2.75) is 25.5 Å². The molecule has 0 saturated carbocycles. The van der Waals surface area contributed by atoms with Gasteiger partial charge >= 0.3 is 0 Å². The number of nitrogens with zero attached hydrogens (tertiary/aromatic N) is 3. The van der Waals surface area contributed by atoms with Crippen LogP contribution in [0.5, 0.6) is 11.5 Å². The molecule has 0 spiro atoms. The van der Waals surface area contributed by atoms with Crippen molar-refractivity contribution in [1.29, 1.82) is 0 Å². The average molecular weight is 446 g/mol. The standard InChI is InChI=1S/C26H27N3O4/c1-2-26(28-17-16-27-20-28,22-12-14-23(15-13-22)29(30)31)19-33-25-11-7-6-10-24(25)32-18-21-8-4-3-5-9-21/h3-15,20H,2,16-19H2,1H3. The van der Waals surface area contributed by atoms with Crippen molar-refractivity contribution in [2.24, 2.45) is 4.99 Å². The summed E-state index contributed by atoms with van der Waals surface area (Å²) in [5, 5.41) is 11.1. The molecule has 1 unspecified atom stereocenters. The Bertz CT molecular complexity index is 1100. The van der Waals surface area contributed by atoms with E-state index in [4.69, 9.17) is 9.47 Å². The lowest BCUT2D eigenvalue weighted by Gasteiger charge is -2.41. The van der Waals surface area contributed by atoms with E-state index in [1.807, 2.05) is 73.1 Å². The molecule has 7 nitrogen and oxygen atoms in total. The fraction of sp³-hybridized carbons (Fsp3) is 0.269. The van der Waals surface area contributed by atoms with Gasteiger partial charge in [0.1, 0.15) is 13.2 Å². The van der Waals surface area contributed by atoms with Gasteiger partial charge in [-0.1, -0.05) is 49.4 Å². The first-order valence-corrected chi connectivity index (χ1v) is 11.0. The van der Waals surface area contributed by atoms with Crippen LogP contribution in [0, 0.1) is 10.1 Å². The Morgan fingerprint density at radius 3 is 2.24 bits per heavy atom. The zero-order valence-corrected chi connectivity index (χ0v) is 18.6. The van der Waals surface area contributed by atoms with Crippen LogP contribution in [0.15, 0.2) is 83.9 Å². The van der Waals surface area contributed by atoms with E-state index >= 15 is 0 Å². The van der Waals surface area contributed by atoms with Gasteiger partial charge in [-0.15, -0.1) is 0 Å². The minimum Gasteiger partial charge on any atom is -0.487 e. The molecular formula is C26H27N3O4. The lowest BCUT2D eigenvalue weighted by atomic mass is 9.86. The molecule has 7 heteroatoms. The molecule has 0 radical (unpaired) electrons. The SMILES string of the molecule is CCC(COc1ccccc1OCc1ccccc1)(c1ccc([N+](=O)[O-])cc1)N1C=NCC1. The molecule has 0 N–H and O–H groups in total. The van der Waals surface area contributed by atoms with Gasteiger partial charge in [-0.2, -0.15) is 0 Å². The van der Waals surface area contributed by atoms with Crippen molar-refractivity contribution < 1.29 is 14.4 Å². The number of ether oxygens (including phenoxy) is 2. The average Bonchev–Trinajstić information content (AvgIpc) is 3.40. The fourth-order valence-corrected chi connectivity index (χ4v) is 4.06. The van der Waals surface area contributed by atoms with Crippen LogP contribution < -0.4 is 9.47 Å². The third-order valence-corrected chi connectivity index (χ3v) is 5.99. The third kappa shape index (κ3) is 4.98. The minimum atomic E-state index is -0.512. The summed E-state index contributed by atoms with van der Waals surface area (Å²) in [6, 6.07) is 24.3. The van der Waals surface area contributed by atoms with Crippen molar-refractivity contribution in [3.05, 3.63) is 100 Å². The Balaban J connectivity index is 1.57. The second kappa shape index (κ2) is 10.2. The molecule has 3 aromatic rings. The number of aliphatic imine (C=N–C) groups is 1. The molecule has 1 aliphatic heterocycles. The molecule has 0 amide bonds. The van der Waals surface area contributed by atoms with Crippen LogP contribution in [0.2, 0.25) is 0 Å². The molecule has 33 heavy (non-hydrogen) atoms. The molecule has 170 valence electrons. The zero-order valence-electron chi connectivity index (χ0n) is 18.6. The lowest BCUT2D eigenvalue weighted by Crippen LogP contribution is -2.48. The highest BCUT2D eigenvalue weighted by Crippen LogP contribution is 2.36. The van der Waals surface area contributed by atoms with E-state index in [1.54, 1.807) is 12.1 Å². The highest BCUT2D eigenvalue weighted by atomic mass is 16.6. The Morgan fingerprint density at radius 1 is 0.970 bits per heavy atom. The molecule has 0 bridgehead atoms. The summed E-state index contributed by atoms with van der Waals surface area (Å²) in [5.74, 6) is 1.33. The molecule has 0 fully saturated rings. The van der Waals surface area contributed by atoms with Crippen molar-refractivity contribution in [2.75, 3.05) is 19.7 Å². The van der Waals surface area contributed by atoms with Crippen LogP contribution in [0.3, 0.4) is 0 Å². The Hall–Kier alpha value is -3.87. The first kappa shape index (κ1) is 22.3. The number of hydrogen-bond donors (Lipinski definition) is 0. The smallest absolute Gasteiger partial charge is 0.269 e. The summed E-state index contributed by atoms with van der Waals surface area (Å²) in [6.45, 7) is 4.36. The summed E-state index contributed by atoms with van der Waals surface area (Å²) in [7, 11) is 0. The van der Waals surface area contributed by atoms with Gasteiger partial charge in [0.05, 0.1) is 23.3 Å². The number of nitro benzene ring substituents is 1. The highest BCUT2D eigenvalue weighted by Gasteiger charge is 2.38. The summed E-state index contributed by atoms with van der Waals surface area (Å²) >= 11 is 0. The number of nitro groups is 1. The molecule has 1 atom stereocenters. The quantitative estimate of drug-likeness (QED) is 0.317. The van der Waals surface area contributed by atoms with Crippen LogP contribution >= 0.6 is 0 Å². The highest BCUT2D eigenvalue weighted by molar-refractivity contribution is 5.60. The second-order valence-electron chi connectivity index (χ2n) is 7.91. The summed E-state index contributed by atoms with van der Waals surface area (Å²) in [5.41, 5.74) is 1.59. The van der Waals surface area contributed by atoms with E-state index in [2.05, 4.69) is 16.8 Å². The number of rotatable bonds is 10. The van der Waals surface area contributed by atoms with E-state index in [1.165, 1.54) is 0 Å². The number of para-hydroxylation sites is 2. The van der Waals surface area contributed by atoms with E-state index in [0.717, 1.165) is 24.1 Å². The first-order valence-electron chi connectivity index (χ1n) is 11.0. The van der Waals surface area contributed by atoms with Crippen LogP contribution in [0.1, 0.15) is 24.5 Å². The molecule has 0 aliphatic carbocycles. The van der Waals surface area contributed by atoms with Crippen molar-refractivity contribution in [3.8, 4) is 11.5 Å². The maximum atomic E-state index is 11.1. The maximum Gasteiger partial charge on any atom is 0.269 e. The van der Waals surface area contributed by atoms with Crippen molar-refractivity contribution >= 4 is 12.0 Å². The predicted octanol–water partition coefficient (Wildman–Crippen LogP) is 5.20. The Labute approximate surface area is 193 Å². The molecular weight excluding hydrogens is 418 g/mol. The van der Waals surface area contributed by atoms with Crippen molar-refractivity contribution in [3.63, 3.8) is 0 Å². The van der Waals surface area contributed by atoms with E-state index in [-0.39, 0.29) is 10.6 Å². The lowest BCUT2D eigenvalue weighted by molar-refractivity contribution is -0.384. The summed E-state index contributed by atoms with van der Waals surface area (Å²) in [4.78, 5) is 17.3. The van der Waals surface area contributed by atoms with Crippen LogP contribution in [-0.4, -0.2) is 35.9 Å². The van der Waals surface area contributed by atoms with Gasteiger partial charge in [-0.3, -0.25) is 15.1 Å². The summed E-state index contributed by atoms with van der Waals surface area (Å²) < 4.78 is 12.4. The minimum absolute atomic E-state index is 0.0689. The first-order chi connectivity index (χ1) is 16.1. The Morgan fingerprint density at radius 2 is 1.64 bits per heavy atom. The van der Waals surface area contributed by atoms with Gasteiger partial charge in [-0.05, 0) is 41.8 Å². The molecule has 4 rings (SSSR count). The molecule has 0 saturated heterocycles. The third-order valence-electron chi connectivity index (χ3n) is 5.99. The van der Waals surface area contributed by atoms with E-state index in [9.17, 15) is 10.1 Å². The van der Waals surface area contributed by atoms with Gasteiger partial charge in [0.25, 0.3) is 5.69 Å². The van der Waals surface area contributed by atoms with Crippen LogP contribution in [-0.2, 0) is 12.1 Å².